The number of hydrogen-bond acceptors (Lipinski definition) is 8. The number of allylic oxidation sites excluding steroid dienone is 2. The van der Waals surface area contributed by atoms with Gasteiger partial charge in [0.2, 0.25) is 0 Å². The lowest BCUT2D eigenvalue weighted by Gasteiger charge is -2.09. The van der Waals surface area contributed by atoms with Crippen molar-refractivity contribution in [3.8, 4) is 21.1 Å². The molecule has 10 nitrogen and oxygen atoms in total. The van der Waals surface area contributed by atoms with Crippen LogP contribution in [0, 0.1) is 13.8 Å². The van der Waals surface area contributed by atoms with Crippen LogP contribution in [0.15, 0.2) is 81.2 Å². The van der Waals surface area contributed by atoms with E-state index in [0.29, 0.717) is 103 Å². The Morgan fingerprint density at radius 1 is 0.661 bits per heavy atom. The van der Waals surface area contributed by atoms with Crippen LogP contribution in [-0.4, -0.2) is 45.5 Å². The van der Waals surface area contributed by atoms with Gasteiger partial charge in [0.1, 0.15) is 31.5 Å². The number of aryl methyl sites for hydroxylation is 4. The first-order valence-electron chi connectivity index (χ1n) is 19.4. The highest BCUT2D eigenvalue weighted by atomic mass is 32.3. The number of thiophene rings is 2. The minimum atomic E-state index is -4.44. The molecule has 2 aliphatic carbocycles. The molecule has 59 heavy (non-hydrogen) atoms. The molecule has 4 heterocycles. The van der Waals surface area contributed by atoms with Gasteiger partial charge in [-0.15, -0.1) is 22.7 Å². The fraction of sp³-hybridized carbons (Fsp3) is 0.302. The summed E-state index contributed by atoms with van der Waals surface area (Å²) < 4.78 is 104. The Labute approximate surface area is 350 Å². The summed E-state index contributed by atoms with van der Waals surface area (Å²) in [5, 5.41) is 9.49. The third kappa shape index (κ3) is 8.70. The van der Waals surface area contributed by atoms with E-state index < -0.39 is 31.9 Å². The Bertz CT molecular complexity index is 2660. The minimum Gasteiger partial charge on any atom is -0.281 e. The molecule has 8 rings (SSSR count). The SMILES string of the molecule is Cc1ccc(Cn2nc(/C(F)=C/CCC/C=C(\F)c3nn(Cc4ccc(C)cc4)c4c3CCCc3cc(S(=O)(=O)O)sc3-4)c3c2-c2sc(S(=O)(=O)O)cc2CCC3)cc1. The molecule has 2 aliphatic rings. The van der Waals surface area contributed by atoms with Crippen LogP contribution in [0.1, 0.15) is 88.0 Å². The summed E-state index contributed by atoms with van der Waals surface area (Å²) in [7, 11) is -8.87. The van der Waals surface area contributed by atoms with Crippen molar-refractivity contribution in [3.05, 3.63) is 129 Å². The van der Waals surface area contributed by atoms with E-state index in [1.54, 1.807) is 9.36 Å². The lowest BCUT2D eigenvalue weighted by atomic mass is 10.1. The van der Waals surface area contributed by atoms with E-state index in [-0.39, 0.29) is 19.8 Å². The van der Waals surface area contributed by atoms with Crippen molar-refractivity contribution in [2.45, 2.75) is 93.1 Å². The van der Waals surface area contributed by atoms with Crippen LogP contribution in [0.25, 0.3) is 32.8 Å². The third-order valence-corrected chi connectivity index (χ3v) is 15.7. The van der Waals surface area contributed by atoms with Crippen LogP contribution in [-0.2, 0) is 59.0 Å². The number of nitrogens with zero attached hydrogens (tertiary/aromatic N) is 4. The highest BCUT2D eigenvalue weighted by Gasteiger charge is 2.31. The molecule has 0 saturated carbocycles. The van der Waals surface area contributed by atoms with E-state index in [1.807, 2.05) is 62.4 Å². The molecule has 16 heteroatoms. The van der Waals surface area contributed by atoms with Crippen molar-refractivity contribution in [2.75, 3.05) is 0 Å². The topological polar surface area (TPSA) is 144 Å². The summed E-state index contributed by atoms with van der Waals surface area (Å²) in [6.07, 6.45) is 7.41. The molecular weight excluding hydrogens is 835 g/mol. The molecule has 0 aliphatic heterocycles. The maximum absolute atomic E-state index is 16.2. The van der Waals surface area contributed by atoms with Gasteiger partial charge in [0.05, 0.1) is 34.2 Å². The van der Waals surface area contributed by atoms with Crippen molar-refractivity contribution < 1.29 is 34.7 Å². The largest absolute Gasteiger partial charge is 0.304 e. The molecule has 0 saturated heterocycles. The molecule has 6 aromatic rings. The number of fused-ring (bicyclic) bond motifs is 6. The monoisotopic (exact) mass is 876 g/mol. The normalized spacial score (nSPS) is 14.7. The summed E-state index contributed by atoms with van der Waals surface area (Å²) in [4.78, 5) is 1.30. The first-order valence-corrected chi connectivity index (χ1v) is 23.9. The molecule has 0 unspecified atom stereocenters. The predicted molar refractivity (Wildman–Crippen MR) is 227 cm³/mol. The van der Waals surface area contributed by atoms with E-state index in [9.17, 15) is 25.9 Å². The van der Waals surface area contributed by atoms with Crippen LogP contribution >= 0.6 is 22.7 Å². The van der Waals surface area contributed by atoms with Gasteiger partial charge < -0.3 is 0 Å². The molecular formula is C43H42F2N4O6S4. The van der Waals surface area contributed by atoms with Crippen LogP contribution in [0.3, 0.4) is 0 Å². The summed E-state index contributed by atoms with van der Waals surface area (Å²) in [5.41, 5.74) is 8.64. The van der Waals surface area contributed by atoms with Crippen LogP contribution < -0.4 is 0 Å². The third-order valence-electron chi connectivity index (χ3n) is 10.8. The number of hydrogen-bond donors (Lipinski definition) is 2. The summed E-state index contributed by atoms with van der Waals surface area (Å²) in [6, 6.07) is 18.8. The van der Waals surface area contributed by atoms with Gasteiger partial charge in [-0.1, -0.05) is 59.7 Å². The zero-order chi connectivity index (χ0) is 41.6. The molecule has 2 N–H and O–H groups in total. The molecule has 2 aromatic carbocycles. The van der Waals surface area contributed by atoms with Crippen LogP contribution in [0.5, 0.6) is 0 Å². The van der Waals surface area contributed by atoms with Gasteiger partial charge in [-0.25, -0.2) is 8.78 Å². The van der Waals surface area contributed by atoms with Crippen molar-refractivity contribution >= 4 is 54.6 Å². The molecule has 0 spiro atoms. The van der Waals surface area contributed by atoms with Crippen molar-refractivity contribution in [2.24, 2.45) is 0 Å². The Morgan fingerprint density at radius 3 is 1.42 bits per heavy atom. The van der Waals surface area contributed by atoms with Crippen molar-refractivity contribution in [1.29, 1.82) is 0 Å². The summed E-state index contributed by atoms with van der Waals surface area (Å²) in [5.74, 6) is -1.03. The quantitative estimate of drug-likeness (QED) is 0.0913. The first kappa shape index (κ1) is 41.2. The number of benzene rings is 2. The van der Waals surface area contributed by atoms with Gasteiger partial charge in [-0.05, 0) is 118 Å². The van der Waals surface area contributed by atoms with E-state index >= 15 is 8.78 Å². The van der Waals surface area contributed by atoms with Crippen molar-refractivity contribution in [3.63, 3.8) is 0 Å². The van der Waals surface area contributed by atoms with Gasteiger partial charge >= 0.3 is 20.2 Å². The average molecular weight is 877 g/mol. The number of rotatable bonds is 12. The Morgan fingerprint density at radius 2 is 1.05 bits per heavy atom. The molecule has 308 valence electrons. The number of halogens is 2. The van der Waals surface area contributed by atoms with Gasteiger partial charge in [-0.3, -0.25) is 18.5 Å². The van der Waals surface area contributed by atoms with E-state index in [1.165, 1.54) is 24.3 Å². The second kappa shape index (κ2) is 16.5. The summed E-state index contributed by atoms with van der Waals surface area (Å²) >= 11 is 1.93. The lowest BCUT2D eigenvalue weighted by Crippen LogP contribution is -2.04. The van der Waals surface area contributed by atoms with E-state index in [2.05, 4.69) is 0 Å². The molecule has 0 fully saturated rings. The zero-order valence-electron chi connectivity index (χ0n) is 32.4. The number of aromatic nitrogens is 4. The fourth-order valence-electron chi connectivity index (χ4n) is 7.84. The van der Waals surface area contributed by atoms with Gasteiger partial charge in [0, 0.05) is 11.1 Å². The maximum Gasteiger partial charge on any atom is 0.304 e. The highest BCUT2D eigenvalue weighted by Crippen LogP contribution is 2.44. The maximum atomic E-state index is 16.2. The minimum absolute atomic E-state index is 0.159. The lowest BCUT2D eigenvalue weighted by molar-refractivity contribution is 0.483. The highest BCUT2D eigenvalue weighted by molar-refractivity contribution is 7.88. The fourth-order valence-corrected chi connectivity index (χ4v) is 11.8. The summed E-state index contributed by atoms with van der Waals surface area (Å²) in [6.45, 7) is 4.64. The van der Waals surface area contributed by atoms with E-state index in [4.69, 9.17) is 10.2 Å². The van der Waals surface area contributed by atoms with Gasteiger partial charge in [0.25, 0.3) is 0 Å². The molecule has 4 aromatic heterocycles. The van der Waals surface area contributed by atoms with Crippen LogP contribution in [0.4, 0.5) is 8.78 Å². The van der Waals surface area contributed by atoms with Crippen LogP contribution in [0.2, 0.25) is 0 Å². The molecule has 0 radical (unpaired) electrons. The Hall–Kier alpha value is -4.58. The Balaban J connectivity index is 1.06. The predicted octanol–water partition coefficient (Wildman–Crippen LogP) is 10.2. The number of unbranched alkanes of at least 4 members (excludes halogenated alkanes) is 2. The van der Waals surface area contributed by atoms with Crippen molar-refractivity contribution in [1.82, 2.24) is 19.6 Å². The molecule has 0 amide bonds. The van der Waals surface area contributed by atoms with Gasteiger partial charge in [0.15, 0.2) is 0 Å². The van der Waals surface area contributed by atoms with E-state index in [0.717, 1.165) is 56.1 Å². The first-order chi connectivity index (χ1) is 28.1. The second-order valence-corrected chi connectivity index (χ2v) is 20.6. The zero-order valence-corrected chi connectivity index (χ0v) is 35.7. The van der Waals surface area contributed by atoms with Gasteiger partial charge in [-0.2, -0.15) is 27.0 Å². The average Bonchev–Trinajstić information content (AvgIpc) is 3.93. The molecule has 0 atom stereocenters. The molecule has 0 bridgehead atoms. The smallest absolute Gasteiger partial charge is 0.281 e. The Kier molecular flexibility index (Phi) is 11.5. The standard InChI is InChI=1S/C43H42F2N4O6S4/c1-26-14-18-28(19-15-26)24-48-40-32(10-6-8-30-22-36(56-42(30)40)58(50,51)52)38(46-48)34(44)12-4-3-5-13-35(45)39-33-11-7-9-31-23-37(59(53,54)55)57-43(31)41(33)49(47-39)25-29-20-16-27(2)17-21-29/h12-23H,3-11,24-25H2,1-2H3,(H,50,51,52)(H,53,54,55)/b34-12-,35-13-. The second-order valence-electron chi connectivity index (χ2n) is 15.2.